The number of likely N-dealkylation sites (tertiary alicyclic amines) is 1. The summed E-state index contributed by atoms with van der Waals surface area (Å²) in [5.41, 5.74) is 1.92. The Morgan fingerprint density at radius 2 is 1.92 bits per heavy atom. The van der Waals surface area contributed by atoms with E-state index in [2.05, 4.69) is 56.3 Å². The number of hydrogen-bond donors (Lipinski definition) is 1. The van der Waals surface area contributed by atoms with E-state index in [1.165, 1.54) is 44.3 Å². The van der Waals surface area contributed by atoms with Gasteiger partial charge < -0.3 is 9.88 Å². The number of hydrogen-bond acceptors (Lipinski definition) is 3. The molecule has 0 amide bonds. The van der Waals surface area contributed by atoms with Crippen molar-refractivity contribution in [3.8, 4) is 0 Å². The van der Waals surface area contributed by atoms with Crippen LogP contribution in [0, 0.1) is 5.41 Å². The Bertz CT molecular complexity index is 610. The molecular formula is C20H28N4. The second-order valence-corrected chi connectivity index (χ2v) is 7.65. The molecule has 0 radical (unpaired) electrons. The molecule has 4 nitrogen and oxygen atoms in total. The quantitative estimate of drug-likeness (QED) is 0.850. The van der Waals surface area contributed by atoms with Crippen molar-refractivity contribution in [2.24, 2.45) is 5.41 Å². The van der Waals surface area contributed by atoms with Crippen LogP contribution < -0.4 is 5.32 Å². The lowest BCUT2D eigenvalue weighted by Gasteiger charge is -2.33. The van der Waals surface area contributed by atoms with Crippen molar-refractivity contribution in [3.63, 3.8) is 0 Å². The Balaban J connectivity index is 1.20. The summed E-state index contributed by atoms with van der Waals surface area (Å²) in [7, 11) is 0. The van der Waals surface area contributed by atoms with Crippen LogP contribution in [0.15, 0.2) is 49.1 Å². The summed E-state index contributed by atoms with van der Waals surface area (Å²) in [6.45, 7) is 5.79. The van der Waals surface area contributed by atoms with Gasteiger partial charge in [0.1, 0.15) is 0 Å². The van der Waals surface area contributed by atoms with Crippen molar-refractivity contribution in [1.82, 2.24) is 19.8 Å². The van der Waals surface area contributed by atoms with Gasteiger partial charge in [0.2, 0.25) is 0 Å². The number of nitrogens with zero attached hydrogens (tertiary/aromatic N) is 3. The molecule has 1 saturated carbocycles. The minimum Gasteiger partial charge on any atom is -0.337 e. The molecule has 1 aromatic heterocycles. The van der Waals surface area contributed by atoms with E-state index in [4.69, 9.17) is 0 Å². The summed E-state index contributed by atoms with van der Waals surface area (Å²) in [6.07, 6.45) is 11.2. The largest absolute Gasteiger partial charge is 0.337 e. The van der Waals surface area contributed by atoms with Crippen molar-refractivity contribution in [2.45, 2.75) is 44.8 Å². The van der Waals surface area contributed by atoms with Crippen LogP contribution in [0.1, 0.15) is 31.2 Å². The van der Waals surface area contributed by atoms with Crippen molar-refractivity contribution in [3.05, 3.63) is 54.6 Å². The summed E-state index contributed by atoms with van der Waals surface area (Å²) in [5, 5.41) is 3.86. The second-order valence-electron chi connectivity index (χ2n) is 7.65. The van der Waals surface area contributed by atoms with E-state index in [1.807, 2.05) is 12.5 Å². The Morgan fingerprint density at radius 1 is 1.12 bits per heavy atom. The number of imidazole rings is 1. The Kier molecular flexibility index (Phi) is 4.67. The molecule has 4 rings (SSSR count). The molecule has 1 N–H and O–H groups in total. The van der Waals surface area contributed by atoms with Crippen LogP contribution in [0.25, 0.3) is 0 Å². The summed E-state index contributed by atoms with van der Waals surface area (Å²) >= 11 is 0. The summed E-state index contributed by atoms with van der Waals surface area (Å²) in [5.74, 6) is 0. The maximum atomic E-state index is 4.16. The lowest BCUT2D eigenvalue weighted by molar-refractivity contribution is 0.185. The smallest absolute Gasteiger partial charge is 0.0946 e. The lowest BCUT2D eigenvalue weighted by Crippen LogP contribution is -2.44. The van der Waals surface area contributed by atoms with Crippen molar-refractivity contribution in [2.75, 3.05) is 19.6 Å². The van der Waals surface area contributed by atoms with E-state index < -0.39 is 0 Å². The maximum absolute atomic E-state index is 4.16. The Hall–Kier alpha value is -1.65. The zero-order valence-electron chi connectivity index (χ0n) is 14.4. The molecule has 1 aromatic carbocycles. The van der Waals surface area contributed by atoms with Gasteiger partial charge in [-0.25, -0.2) is 4.98 Å². The SMILES string of the molecule is c1ccc(CN2CCC(NCC3(Cn4ccnc4)CC3)CC2)cc1. The molecular weight excluding hydrogens is 296 g/mol. The average molecular weight is 324 g/mol. The Morgan fingerprint density at radius 3 is 2.58 bits per heavy atom. The maximum Gasteiger partial charge on any atom is 0.0946 e. The average Bonchev–Trinajstić information content (AvgIpc) is 3.19. The number of benzene rings is 1. The number of aromatic nitrogens is 2. The van der Waals surface area contributed by atoms with Crippen LogP contribution in [0.5, 0.6) is 0 Å². The molecule has 0 unspecified atom stereocenters. The van der Waals surface area contributed by atoms with Crippen LogP contribution in [0.3, 0.4) is 0 Å². The zero-order chi connectivity index (χ0) is 16.2. The molecule has 0 atom stereocenters. The topological polar surface area (TPSA) is 33.1 Å². The molecule has 2 aliphatic rings. The molecule has 0 spiro atoms. The van der Waals surface area contributed by atoms with Gasteiger partial charge in [-0.05, 0) is 44.3 Å². The van der Waals surface area contributed by atoms with E-state index in [0.717, 1.165) is 19.6 Å². The fourth-order valence-corrected chi connectivity index (χ4v) is 3.83. The van der Waals surface area contributed by atoms with Crippen molar-refractivity contribution in [1.29, 1.82) is 0 Å². The molecule has 1 aliphatic heterocycles. The fourth-order valence-electron chi connectivity index (χ4n) is 3.83. The van der Waals surface area contributed by atoms with Gasteiger partial charge in [0, 0.05) is 43.5 Å². The number of nitrogens with one attached hydrogen (secondary N) is 1. The van der Waals surface area contributed by atoms with Crippen molar-refractivity contribution >= 4 is 0 Å². The predicted molar refractivity (Wildman–Crippen MR) is 96.6 cm³/mol. The van der Waals surface area contributed by atoms with Crippen molar-refractivity contribution < 1.29 is 0 Å². The summed E-state index contributed by atoms with van der Waals surface area (Å²) in [4.78, 5) is 6.75. The van der Waals surface area contributed by atoms with Crippen LogP contribution in [0.2, 0.25) is 0 Å². The van der Waals surface area contributed by atoms with E-state index in [0.29, 0.717) is 11.5 Å². The van der Waals surface area contributed by atoms with Gasteiger partial charge in [-0.1, -0.05) is 30.3 Å². The summed E-state index contributed by atoms with van der Waals surface area (Å²) in [6, 6.07) is 11.5. The first-order chi connectivity index (χ1) is 11.8. The van der Waals surface area contributed by atoms with Crippen LogP contribution in [-0.2, 0) is 13.1 Å². The highest BCUT2D eigenvalue weighted by molar-refractivity contribution is 5.14. The third-order valence-corrected chi connectivity index (χ3v) is 5.64. The van der Waals surface area contributed by atoms with Gasteiger partial charge in [0.15, 0.2) is 0 Å². The molecule has 2 aromatic rings. The van der Waals surface area contributed by atoms with Gasteiger partial charge in [-0.15, -0.1) is 0 Å². The normalized spacial score (nSPS) is 21.0. The molecule has 128 valence electrons. The first-order valence-corrected chi connectivity index (χ1v) is 9.27. The minimum absolute atomic E-state index is 0.488. The zero-order valence-corrected chi connectivity index (χ0v) is 14.4. The highest BCUT2D eigenvalue weighted by atomic mass is 15.1. The van der Waals surface area contributed by atoms with E-state index in [1.54, 1.807) is 0 Å². The minimum atomic E-state index is 0.488. The van der Waals surface area contributed by atoms with Crippen LogP contribution in [-0.4, -0.2) is 40.1 Å². The van der Waals surface area contributed by atoms with Crippen LogP contribution >= 0.6 is 0 Å². The number of rotatable bonds is 7. The molecule has 24 heavy (non-hydrogen) atoms. The Labute approximate surface area is 144 Å². The lowest BCUT2D eigenvalue weighted by atomic mass is 10.0. The van der Waals surface area contributed by atoms with Gasteiger partial charge >= 0.3 is 0 Å². The monoisotopic (exact) mass is 324 g/mol. The molecule has 0 bridgehead atoms. The second kappa shape index (κ2) is 7.08. The van der Waals surface area contributed by atoms with E-state index in [9.17, 15) is 0 Å². The molecule has 1 aliphatic carbocycles. The number of piperidine rings is 1. The van der Waals surface area contributed by atoms with Crippen LogP contribution in [0.4, 0.5) is 0 Å². The first-order valence-electron chi connectivity index (χ1n) is 9.27. The van der Waals surface area contributed by atoms with Gasteiger partial charge in [-0.3, -0.25) is 4.90 Å². The van der Waals surface area contributed by atoms with Gasteiger partial charge in [0.25, 0.3) is 0 Å². The molecule has 2 fully saturated rings. The highest BCUT2D eigenvalue weighted by Crippen LogP contribution is 2.46. The molecule has 2 heterocycles. The first kappa shape index (κ1) is 15.9. The fraction of sp³-hybridized carbons (Fsp3) is 0.550. The third-order valence-electron chi connectivity index (χ3n) is 5.64. The molecule has 4 heteroatoms. The highest BCUT2D eigenvalue weighted by Gasteiger charge is 2.42. The molecule has 1 saturated heterocycles. The predicted octanol–water partition coefficient (Wildman–Crippen LogP) is 2.92. The summed E-state index contributed by atoms with van der Waals surface area (Å²) < 4.78 is 2.23. The third kappa shape index (κ3) is 4.05. The van der Waals surface area contributed by atoms with Gasteiger partial charge in [-0.2, -0.15) is 0 Å². The standard InChI is InChI=1S/C20H28N4/c1-2-4-18(5-3-1)14-23-11-6-19(7-12-23)22-15-20(8-9-20)16-24-13-10-21-17-24/h1-5,10,13,17,19,22H,6-9,11-12,14-16H2. The van der Waals surface area contributed by atoms with E-state index in [-0.39, 0.29) is 0 Å². The van der Waals surface area contributed by atoms with Gasteiger partial charge in [0.05, 0.1) is 6.33 Å². The van der Waals surface area contributed by atoms with E-state index >= 15 is 0 Å².